The van der Waals surface area contributed by atoms with Gasteiger partial charge in [-0.15, -0.1) is 0 Å². The van der Waals surface area contributed by atoms with Crippen LogP contribution in [0.25, 0.3) is 0 Å². The number of amides is 1. The number of carbonyl (C=O) groups is 2. The molecule has 0 spiro atoms. The maximum atomic E-state index is 12.5. The molecule has 0 aromatic heterocycles. The summed E-state index contributed by atoms with van der Waals surface area (Å²) in [4.78, 5) is 23.9. The fourth-order valence-electron chi connectivity index (χ4n) is 2.95. The summed E-state index contributed by atoms with van der Waals surface area (Å²) in [6, 6.07) is 5.07. The highest BCUT2D eigenvalue weighted by atomic mass is 16.5. The van der Waals surface area contributed by atoms with Crippen molar-refractivity contribution in [3.8, 4) is 11.5 Å². The lowest BCUT2D eigenvalue weighted by Crippen LogP contribution is -2.39. The fraction of sp³-hybridized carbons (Fsp3) is 0.444. The van der Waals surface area contributed by atoms with Crippen molar-refractivity contribution in [3.05, 3.63) is 35.9 Å². The smallest absolute Gasteiger partial charge is 0.307 e. The van der Waals surface area contributed by atoms with Gasteiger partial charge in [-0.3, -0.25) is 9.59 Å². The molecule has 0 heterocycles. The van der Waals surface area contributed by atoms with Crippen molar-refractivity contribution in [2.75, 3.05) is 14.2 Å². The molecule has 0 unspecified atom stereocenters. The van der Waals surface area contributed by atoms with E-state index in [-0.39, 0.29) is 11.9 Å². The molecule has 0 radical (unpaired) electrons. The number of methoxy groups -OCH3 is 2. The van der Waals surface area contributed by atoms with E-state index in [0.29, 0.717) is 24.3 Å². The summed E-state index contributed by atoms with van der Waals surface area (Å²) in [6.45, 7) is 1.84. The number of hydrogen-bond donors (Lipinski definition) is 2. The first-order chi connectivity index (χ1) is 11.5. The van der Waals surface area contributed by atoms with Crippen molar-refractivity contribution in [2.45, 2.75) is 25.8 Å². The van der Waals surface area contributed by atoms with Gasteiger partial charge in [0, 0.05) is 11.6 Å². The molecule has 0 aliphatic heterocycles. The number of carboxylic acids is 1. The van der Waals surface area contributed by atoms with E-state index < -0.39 is 17.8 Å². The zero-order chi connectivity index (χ0) is 17.7. The van der Waals surface area contributed by atoms with Gasteiger partial charge in [0.15, 0.2) is 0 Å². The van der Waals surface area contributed by atoms with Gasteiger partial charge < -0.3 is 19.9 Å². The van der Waals surface area contributed by atoms with Crippen LogP contribution in [0.5, 0.6) is 11.5 Å². The van der Waals surface area contributed by atoms with Crippen LogP contribution < -0.4 is 14.8 Å². The Hall–Kier alpha value is -2.50. The molecule has 6 nitrogen and oxygen atoms in total. The molecular weight excluding hydrogens is 310 g/mol. The minimum atomic E-state index is -0.936. The molecule has 1 aromatic carbocycles. The topological polar surface area (TPSA) is 84.9 Å². The molecule has 0 saturated carbocycles. The maximum Gasteiger partial charge on any atom is 0.307 e. The molecule has 0 fully saturated rings. The van der Waals surface area contributed by atoms with E-state index in [0.717, 1.165) is 5.56 Å². The minimum absolute atomic E-state index is 0.253. The molecule has 1 aromatic rings. The second-order valence-electron chi connectivity index (χ2n) is 5.83. The van der Waals surface area contributed by atoms with Gasteiger partial charge in [-0.05, 0) is 31.9 Å². The second kappa shape index (κ2) is 7.86. The molecule has 1 aliphatic rings. The molecule has 2 N–H and O–H groups in total. The first kappa shape index (κ1) is 17.8. The van der Waals surface area contributed by atoms with E-state index >= 15 is 0 Å². The Morgan fingerprint density at radius 3 is 2.42 bits per heavy atom. The summed E-state index contributed by atoms with van der Waals surface area (Å²) in [6.07, 6.45) is 4.50. The third kappa shape index (κ3) is 3.88. The standard InChI is InChI=1S/C18H23NO5/c1-11(13-9-8-12(23-2)10-16(13)24-3)19-17(20)14-6-4-5-7-15(14)18(21)22/h4-5,8-11,14-15H,6-7H2,1-3H3,(H,19,20)(H,21,22)/t11-,14+,15+/m0/s1. The van der Waals surface area contributed by atoms with E-state index in [9.17, 15) is 14.7 Å². The number of hydrogen-bond acceptors (Lipinski definition) is 4. The zero-order valence-electron chi connectivity index (χ0n) is 14.1. The molecule has 3 atom stereocenters. The Morgan fingerprint density at radius 1 is 1.17 bits per heavy atom. The Morgan fingerprint density at radius 2 is 1.83 bits per heavy atom. The van der Waals surface area contributed by atoms with Crippen LogP contribution in [0.2, 0.25) is 0 Å². The molecule has 0 saturated heterocycles. The van der Waals surface area contributed by atoms with Crippen molar-refractivity contribution in [1.29, 1.82) is 0 Å². The zero-order valence-corrected chi connectivity index (χ0v) is 14.1. The quantitative estimate of drug-likeness (QED) is 0.782. The summed E-state index contributed by atoms with van der Waals surface area (Å²) in [5.41, 5.74) is 0.810. The van der Waals surface area contributed by atoms with Gasteiger partial charge in [0.2, 0.25) is 5.91 Å². The van der Waals surface area contributed by atoms with E-state index in [2.05, 4.69) is 5.32 Å². The predicted molar refractivity (Wildman–Crippen MR) is 89.1 cm³/mol. The number of carboxylic acid groups (broad SMARTS) is 1. The second-order valence-corrected chi connectivity index (χ2v) is 5.83. The highest BCUT2D eigenvalue weighted by molar-refractivity contribution is 5.85. The molecule has 1 aliphatic carbocycles. The van der Waals surface area contributed by atoms with Gasteiger partial charge in [-0.2, -0.15) is 0 Å². The van der Waals surface area contributed by atoms with Crippen LogP contribution in [-0.4, -0.2) is 31.2 Å². The van der Waals surface area contributed by atoms with Crippen LogP contribution in [0.3, 0.4) is 0 Å². The summed E-state index contributed by atoms with van der Waals surface area (Å²) in [7, 11) is 3.13. The van der Waals surface area contributed by atoms with E-state index in [4.69, 9.17) is 9.47 Å². The Labute approximate surface area is 141 Å². The van der Waals surface area contributed by atoms with Gasteiger partial charge >= 0.3 is 5.97 Å². The van der Waals surface area contributed by atoms with Gasteiger partial charge in [-0.1, -0.05) is 12.2 Å². The number of benzene rings is 1. The first-order valence-electron chi connectivity index (χ1n) is 7.88. The normalized spacial score (nSPS) is 21.0. The number of nitrogens with one attached hydrogen (secondary N) is 1. The third-order valence-electron chi connectivity index (χ3n) is 4.35. The van der Waals surface area contributed by atoms with E-state index in [1.165, 1.54) is 0 Å². The lowest BCUT2D eigenvalue weighted by Gasteiger charge is -2.26. The summed E-state index contributed by atoms with van der Waals surface area (Å²) in [5, 5.41) is 12.2. The summed E-state index contributed by atoms with van der Waals surface area (Å²) in [5.74, 6) is -1.15. The predicted octanol–water partition coefficient (Wildman–Crippen LogP) is 2.55. The molecular formula is C18H23NO5. The van der Waals surface area contributed by atoms with Crippen molar-refractivity contribution in [2.24, 2.45) is 11.8 Å². The third-order valence-corrected chi connectivity index (χ3v) is 4.35. The van der Waals surface area contributed by atoms with Crippen LogP contribution >= 0.6 is 0 Å². The maximum absolute atomic E-state index is 12.5. The van der Waals surface area contributed by atoms with Gasteiger partial charge in [0.1, 0.15) is 11.5 Å². The van der Waals surface area contributed by atoms with E-state index in [1.54, 1.807) is 26.4 Å². The van der Waals surface area contributed by atoms with Gasteiger partial charge in [-0.25, -0.2) is 0 Å². The number of allylic oxidation sites excluding steroid dienone is 2. The lowest BCUT2D eigenvalue weighted by atomic mass is 9.82. The van der Waals surface area contributed by atoms with Gasteiger partial charge in [0.25, 0.3) is 0 Å². The van der Waals surface area contributed by atoms with Crippen molar-refractivity contribution in [3.63, 3.8) is 0 Å². The van der Waals surface area contributed by atoms with Crippen LogP contribution in [-0.2, 0) is 9.59 Å². The average molecular weight is 333 g/mol. The monoisotopic (exact) mass is 333 g/mol. The largest absolute Gasteiger partial charge is 0.497 e. The van der Waals surface area contributed by atoms with Crippen molar-refractivity contribution < 1.29 is 24.2 Å². The van der Waals surface area contributed by atoms with Crippen molar-refractivity contribution in [1.82, 2.24) is 5.32 Å². The summed E-state index contributed by atoms with van der Waals surface area (Å²) >= 11 is 0. The first-order valence-corrected chi connectivity index (χ1v) is 7.88. The average Bonchev–Trinajstić information content (AvgIpc) is 2.60. The highest BCUT2D eigenvalue weighted by Gasteiger charge is 2.34. The Balaban J connectivity index is 2.14. The SMILES string of the molecule is COc1ccc([C@H](C)NC(=O)[C@@H]2CC=CC[C@H]2C(=O)O)c(OC)c1. The number of ether oxygens (including phenoxy) is 2. The van der Waals surface area contributed by atoms with Crippen LogP contribution in [0, 0.1) is 11.8 Å². The molecule has 6 heteroatoms. The van der Waals surface area contributed by atoms with Crippen LogP contribution in [0.4, 0.5) is 0 Å². The van der Waals surface area contributed by atoms with Gasteiger partial charge in [0.05, 0.1) is 32.1 Å². The molecule has 1 amide bonds. The molecule has 2 rings (SSSR count). The molecule has 24 heavy (non-hydrogen) atoms. The Kier molecular flexibility index (Phi) is 5.84. The molecule has 130 valence electrons. The lowest BCUT2D eigenvalue weighted by molar-refractivity contribution is -0.147. The van der Waals surface area contributed by atoms with Crippen LogP contribution in [0.1, 0.15) is 31.4 Å². The number of rotatable bonds is 6. The summed E-state index contributed by atoms with van der Waals surface area (Å²) < 4.78 is 10.5. The fourth-order valence-corrected chi connectivity index (χ4v) is 2.95. The number of aliphatic carboxylic acids is 1. The highest BCUT2D eigenvalue weighted by Crippen LogP contribution is 2.31. The Bertz CT molecular complexity index is 640. The molecule has 0 bridgehead atoms. The minimum Gasteiger partial charge on any atom is -0.497 e. The van der Waals surface area contributed by atoms with E-state index in [1.807, 2.05) is 25.1 Å². The number of carbonyl (C=O) groups excluding carboxylic acids is 1. The van der Waals surface area contributed by atoms with Crippen molar-refractivity contribution >= 4 is 11.9 Å². The van der Waals surface area contributed by atoms with Crippen LogP contribution in [0.15, 0.2) is 30.4 Å².